The summed E-state index contributed by atoms with van der Waals surface area (Å²) >= 11 is 2.18. The van der Waals surface area contributed by atoms with Gasteiger partial charge >= 0.3 is 0 Å². The van der Waals surface area contributed by atoms with E-state index >= 15 is 0 Å². The maximum atomic E-state index is 2.66. The van der Waals surface area contributed by atoms with E-state index in [1.807, 2.05) is 0 Å². The lowest BCUT2D eigenvalue weighted by Gasteiger charge is -2.36. The van der Waals surface area contributed by atoms with E-state index in [9.17, 15) is 0 Å². The van der Waals surface area contributed by atoms with Gasteiger partial charge in [0.1, 0.15) is 0 Å². The number of hydrogen-bond acceptors (Lipinski definition) is 2. The van der Waals surface area contributed by atoms with Crippen molar-refractivity contribution < 1.29 is 0 Å². The molecule has 2 heteroatoms. The number of nitrogens with zero attached hydrogens (tertiary/aromatic N) is 1. The molecule has 0 N–H and O–H groups in total. The molecule has 0 amide bonds. The second kappa shape index (κ2) is 5.58. The average Bonchev–Trinajstić information content (AvgIpc) is 2.17. The highest BCUT2D eigenvalue weighted by atomic mass is 32.2. The van der Waals surface area contributed by atoms with Crippen molar-refractivity contribution in [2.45, 2.75) is 57.6 Å². The lowest BCUT2D eigenvalue weighted by Crippen LogP contribution is -2.35. The van der Waals surface area contributed by atoms with Gasteiger partial charge in [0.2, 0.25) is 0 Å². The molecule has 2 unspecified atom stereocenters. The van der Waals surface area contributed by atoms with Crippen LogP contribution in [0.4, 0.5) is 0 Å². The van der Waals surface area contributed by atoms with Crippen molar-refractivity contribution in [3.8, 4) is 0 Å². The van der Waals surface area contributed by atoms with Gasteiger partial charge in [0.05, 0.1) is 0 Å². The van der Waals surface area contributed by atoms with E-state index in [0.29, 0.717) is 0 Å². The van der Waals surface area contributed by atoms with Crippen molar-refractivity contribution in [2.75, 3.05) is 13.1 Å². The molecule has 0 spiro atoms. The molecule has 1 heterocycles. The summed E-state index contributed by atoms with van der Waals surface area (Å²) in [5.74, 6) is 1.81. The summed E-state index contributed by atoms with van der Waals surface area (Å²) in [6.07, 6.45) is 8.77. The molecule has 1 saturated carbocycles. The molecule has 0 aromatic rings. The number of rotatable bonds is 2. The summed E-state index contributed by atoms with van der Waals surface area (Å²) in [6, 6.07) is 0. The highest BCUT2D eigenvalue weighted by molar-refractivity contribution is 7.97. The van der Waals surface area contributed by atoms with Crippen molar-refractivity contribution in [3.05, 3.63) is 0 Å². The summed E-state index contributed by atoms with van der Waals surface area (Å²) in [7, 11) is 0. The molecule has 2 aliphatic rings. The first-order valence-corrected chi connectivity index (χ1v) is 7.49. The highest BCUT2D eigenvalue weighted by Gasteiger charge is 2.25. The minimum Gasteiger partial charge on any atom is -0.250 e. The maximum Gasteiger partial charge on any atom is 0.0195 e. The monoisotopic (exact) mass is 227 g/mol. The van der Waals surface area contributed by atoms with Crippen LogP contribution in [0.15, 0.2) is 0 Å². The van der Waals surface area contributed by atoms with Gasteiger partial charge in [0.25, 0.3) is 0 Å². The summed E-state index contributed by atoms with van der Waals surface area (Å²) < 4.78 is 2.66. The predicted molar refractivity (Wildman–Crippen MR) is 69.0 cm³/mol. The Morgan fingerprint density at radius 3 is 2.13 bits per heavy atom. The molecule has 1 aliphatic carbocycles. The van der Waals surface area contributed by atoms with Crippen molar-refractivity contribution in [1.82, 2.24) is 4.31 Å². The third kappa shape index (κ3) is 3.67. The van der Waals surface area contributed by atoms with Gasteiger partial charge in [-0.1, -0.05) is 45.1 Å². The predicted octanol–water partition coefficient (Wildman–Crippen LogP) is 3.95. The van der Waals surface area contributed by atoms with Crippen LogP contribution in [0.2, 0.25) is 0 Å². The zero-order valence-electron chi connectivity index (χ0n) is 10.2. The minimum atomic E-state index is 0.907. The van der Waals surface area contributed by atoms with Crippen molar-refractivity contribution in [3.63, 3.8) is 0 Å². The second-order valence-corrected chi connectivity index (χ2v) is 7.05. The fourth-order valence-corrected chi connectivity index (χ4v) is 4.72. The standard InChI is InChI=1S/C13H25NS/c1-11-8-12(2)10-14(9-11)15-13-6-4-3-5-7-13/h11-13H,3-10H2,1-2H3. The Kier molecular flexibility index (Phi) is 4.39. The maximum absolute atomic E-state index is 2.66. The van der Waals surface area contributed by atoms with E-state index in [4.69, 9.17) is 0 Å². The third-order valence-electron chi connectivity index (χ3n) is 3.69. The van der Waals surface area contributed by atoms with Gasteiger partial charge in [-0.05, 0) is 31.1 Å². The molecule has 0 bridgehead atoms. The lowest BCUT2D eigenvalue weighted by atomic mass is 9.94. The van der Waals surface area contributed by atoms with E-state index in [-0.39, 0.29) is 0 Å². The largest absolute Gasteiger partial charge is 0.250 e. The van der Waals surface area contributed by atoms with Gasteiger partial charge in [0, 0.05) is 18.3 Å². The highest BCUT2D eigenvalue weighted by Crippen LogP contribution is 2.34. The Balaban J connectivity index is 1.77. The molecular formula is C13H25NS. The zero-order chi connectivity index (χ0) is 10.7. The van der Waals surface area contributed by atoms with E-state index in [2.05, 4.69) is 30.1 Å². The Labute approximate surface area is 99.1 Å². The van der Waals surface area contributed by atoms with Gasteiger partial charge in [-0.15, -0.1) is 0 Å². The average molecular weight is 227 g/mol. The topological polar surface area (TPSA) is 3.24 Å². The summed E-state index contributed by atoms with van der Waals surface area (Å²) in [4.78, 5) is 0. The van der Waals surface area contributed by atoms with Crippen LogP contribution in [0.25, 0.3) is 0 Å². The molecule has 2 atom stereocenters. The SMILES string of the molecule is CC1CC(C)CN(SC2CCCCC2)C1. The van der Waals surface area contributed by atoms with Crippen LogP contribution in [-0.2, 0) is 0 Å². The third-order valence-corrected chi connectivity index (χ3v) is 5.05. The first-order valence-electron chi connectivity index (χ1n) is 6.65. The molecule has 1 saturated heterocycles. The van der Waals surface area contributed by atoms with E-state index in [1.54, 1.807) is 0 Å². The van der Waals surface area contributed by atoms with Crippen molar-refractivity contribution >= 4 is 11.9 Å². The van der Waals surface area contributed by atoms with Gasteiger partial charge in [0.15, 0.2) is 0 Å². The van der Waals surface area contributed by atoms with Crippen LogP contribution in [0.1, 0.15) is 52.4 Å². The summed E-state index contributed by atoms with van der Waals surface area (Å²) in [5.41, 5.74) is 0. The van der Waals surface area contributed by atoms with Crippen LogP contribution in [0.5, 0.6) is 0 Å². The molecule has 1 nitrogen and oxygen atoms in total. The zero-order valence-corrected chi connectivity index (χ0v) is 11.1. The quantitative estimate of drug-likeness (QED) is 0.657. The van der Waals surface area contributed by atoms with Crippen molar-refractivity contribution in [2.24, 2.45) is 11.8 Å². The fraction of sp³-hybridized carbons (Fsp3) is 1.00. The smallest absolute Gasteiger partial charge is 0.0195 e. The molecule has 2 rings (SSSR count). The van der Waals surface area contributed by atoms with Crippen molar-refractivity contribution in [1.29, 1.82) is 0 Å². The molecular weight excluding hydrogens is 202 g/mol. The normalized spacial score (nSPS) is 35.6. The minimum absolute atomic E-state index is 0.907. The summed E-state index contributed by atoms with van der Waals surface area (Å²) in [5, 5.41) is 0.941. The Hall–Kier alpha value is 0.310. The molecule has 88 valence electrons. The Bertz CT molecular complexity index is 179. The first-order chi connectivity index (χ1) is 7.24. The van der Waals surface area contributed by atoms with Gasteiger partial charge in [-0.3, -0.25) is 0 Å². The number of hydrogen-bond donors (Lipinski definition) is 0. The second-order valence-electron chi connectivity index (χ2n) is 5.66. The van der Waals surface area contributed by atoms with Crippen LogP contribution in [-0.4, -0.2) is 22.6 Å². The molecule has 0 aromatic carbocycles. The Morgan fingerprint density at radius 1 is 0.933 bits per heavy atom. The molecule has 0 aromatic heterocycles. The fourth-order valence-electron chi connectivity index (χ4n) is 3.07. The van der Waals surface area contributed by atoms with E-state index in [0.717, 1.165) is 17.1 Å². The molecule has 15 heavy (non-hydrogen) atoms. The van der Waals surface area contributed by atoms with Gasteiger partial charge in [-0.25, -0.2) is 4.31 Å². The first kappa shape index (κ1) is 11.8. The van der Waals surface area contributed by atoms with E-state index < -0.39 is 0 Å². The van der Waals surface area contributed by atoms with Crippen LogP contribution >= 0.6 is 11.9 Å². The van der Waals surface area contributed by atoms with Gasteiger partial charge in [-0.2, -0.15) is 0 Å². The summed E-state index contributed by atoms with van der Waals surface area (Å²) in [6.45, 7) is 7.46. The van der Waals surface area contributed by atoms with Crippen LogP contribution in [0.3, 0.4) is 0 Å². The molecule has 2 fully saturated rings. The van der Waals surface area contributed by atoms with Crippen LogP contribution in [0, 0.1) is 11.8 Å². The lowest BCUT2D eigenvalue weighted by molar-refractivity contribution is 0.235. The van der Waals surface area contributed by atoms with E-state index in [1.165, 1.54) is 51.6 Å². The van der Waals surface area contributed by atoms with Crippen LogP contribution < -0.4 is 0 Å². The molecule has 1 aliphatic heterocycles. The Morgan fingerprint density at radius 2 is 1.53 bits per heavy atom. The number of piperidine rings is 1. The molecule has 0 radical (unpaired) electrons. The van der Waals surface area contributed by atoms with Gasteiger partial charge < -0.3 is 0 Å².